The first-order chi connectivity index (χ1) is 9.74. The Morgan fingerprint density at radius 2 is 2.45 bits per heavy atom. The average Bonchev–Trinajstić information content (AvgIpc) is 3.13. The number of ether oxygens (including phenoxy) is 1. The predicted molar refractivity (Wildman–Crippen MR) is 86.3 cm³/mol. The van der Waals surface area contributed by atoms with Crippen molar-refractivity contribution >= 4 is 33.2 Å². The van der Waals surface area contributed by atoms with Gasteiger partial charge in [-0.05, 0) is 59.1 Å². The molecule has 0 amide bonds. The zero-order valence-corrected chi connectivity index (χ0v) is 14.0. The minimum atomic E-state index is 0.374. The third kappa shape index (κ3) is 3.35. The molecule has 0 aromatic carbocycles. The van der Waals surface area contributed by atoms with Gasteiger partial charge < -0.3 is 15.4 Å². The molecule has 6 heteroatoms. The molecule has 1 aromatic heterocycles. The van der Waals surface area contributed by atoms with E-state index in [0.717, 1.165) is 22.7 Å². The van der Waals surface area contributed by atoms with Gasteiger partial charge in [0.1, 0.15) is 0 Å². The summed E-state index contributed by atoms with van der Waals surface area (Å²) >= 11 is 5.18. The lowest BCUT2D eigenvalue weighted by Crippen LogP contribution is -2.47. The van der Waals surface area contributed by atoms with Crippen LogP contribution in [0.5, 0.6) is 0 Å². The topological polar surface area (TPSA) is 45.7 Å². The number of rotatable bonds is 4. The van der Waals surface area contributed by atoms with Gasteiger partial charge in [-0.1, -0.05) is 0 Å². The Kier molecular flexibility index (Phi) is 4.63. The predicted octanol–water partition coefficient (Wildman–Crippen LogP) is 2.89. The van der Waals surface area contributed by atoms with Gasteiger partial charge in [0.2, 0.25) is 0 Å². The first-order valence-electron chi connectivity index (χ1n) is 7.18. The van der Waals surface area contributed by atoms with Gasteiger partial charge >= 0.3 is 0 Å². The summed E-state index contributed by atoms with van der Waals surface area (Å²) in [6.07, 6.45) is 4.35. The van der Waals surface area contributed by atoms with E-state index in [1.54, 1.807) is 11.3 Å². The summed E-state index contributed by atoms with van der Waals surface area (Å²) in [4.78, 5) is 4.67. The fourth-order valence-electron chi connectivity index (χ4n) is 2.88. The van der Waals surface area contributed by atoms with Crippen molar-refractivity contribution in [3.05, 3.63) is 20.8 Å². The Bertz CT molecular complexity index is 491. The van der Waals surface area contributed by atoms with Crippen LogP contribution in [-0.4, -0.2) is 30.8 Å². The highest BCUT2D eigenvalue weighted by Crippen LogP contribution is 2.34. The SMILES string of the molecule is CCNC(=NCc1csc(Br)c1)NC1CC2CCC1O2. The summed E-state index contributed by atoms with van der Waals surface area (Å²) in [5.74, 6) is 0.899. The molecule has 20 heavy (non-hydrogen) atoms. The molecule has 2 saturated heterocycles. The second-order valence-electron chi connectivity index (χ2n) is 5.31. The van der Waals surface area contributed by atoms with Crippen LogP contribution in [0.1, 0.15) is 31.7 Å². The summed E-state index contributed by atoms with van der Waals surface area (Å²) in [5, 5.41) is 8.99. The molecule has 2 aliphatic heterocycles. The average molecular weight is 358 g/mol. The van der Waals surface area contributed by atoms with Crippen molar-refractivity contribution < 1.29 is 4.74 Å². The van der Waals surface area contributed by atoms with Crippen molar-refractivity contribution in [3.8, 4) is 0 Å². The highest BCUT2D eigenvalue weighted by Gasteiger charge is 2.41. The number of nitrogens with one attached hydrogen (secondary N) is 2. The van der Waals surface area contributed by atoms with Gasteiger partial charge in [-0.25, -0.2) is 4.99 Å². The van der Waals surface area contributed by atoms with E-state index in [4.69, 9.17) is 4.74 Å². The van der Waals surface area contributed by atoms with Gasteiger partial charge in [0, 0.05) is 6.54 Å². The van der Waals surface area contributed by atoms with Gasteiger partial charge in [0.05, 0.1) is 28.6 Å². The molecule has 0 aliphatic carbocycles. The van der Waals surface area contributed by atoms with Crippen LogP contribution >= 0.6 is 27.3 Å². The quantitative estimate of drug-likeness (QED) is 0.643. The molecule has 2 bridgehead atoms. The first-order valence-corrected chi connectivity index (χ1v) is 8.85. The van der Waals surface area contributed by atoms with Crippen LogP contribution in [0.15, 0.2) is 20.2 Å². The third-order valence-corrected chi connectivity index (χ3v) is 5.37. The largest absolute Gasteiger partial charge is 0.373 e. The van der Waals surface area contributed by atoms with Crippen LogP contribution < -0.4 is 10.6 Å². The van der Waals surface area contributed by atoms with Crippen molar-refractivity contribution in [2.45, 2.75) is 51.0 Å². The second kappa shape index (κ2) is 6.45. The maximum absolute atomic E-state index is 5.88. The molecule has 2 N–H and O–H groups in total. The van der Waals surface area contributed by atoms with E-state index in [9.17, 15) is 0 Å². The molecule has 0 saturated carbocycles. The van der Waals surface area contributed by atoms with Gasteiger partial charge in [0.15, 0.2) is 5.96 Å². The van der Waals surface area contributed by atoms with Crippen molar-refractivity contribution in [3.63, 3.8) is 0 Å². The second-order valence-corrected chi connectivity index (χ2v) is 7.61. The Labute approximate surface area is 132 Å². The van der Waals surface area contributed by atoms with E-state index in [0.29, 0.717) is 24.8 Å². The summed E-state index contributed by atoms with van der Waals surface area (Å²) in [6.45, 7) is 3.68. The van der Waals surface area contributed by atoms with Crippen LogP contribution in [0, 0.1) is 0 Å². The Balaban J connectivity index is 1.59. The number of halogens is 1. The molecule has 2 fully saturated rings. The van der Waals surface area contributed by atoms with E-state index >= 15 is 0 Å². The van der Waals surface area contributed by atoms with Crippen LogP contribution in [0.2, 0.25) is 0 Å². The van der Waals surface area contributed by atoms with E-state index in [1.165, 1.54) is 18.4 Å². The van der Waals surface area contributed by atoms with Crippen LogP contribution in [-0.2, 0) is 11.3 Å². The molecule has 0 spiro atoms. The lowest BCUT2D eigenvalue weighted by Gasteiger charge is -2.22. The molecule has 1 aromatic rings. The molecule has 3 atom stereocenters. The van der Waals surface area contributed by atoms with Gasteiger partial charge in [-0.2, -0.15) is 0 Å². The maximum atomic E-state index is 5.88. The molecule has 3 rings (SSSR count). The Morgan fingerprint density at radius 3 is 3.05 bits per heavy atom. The van der Waals surface area contributed by atoms with Gasteiger partial charge in [-0.15, -0.1) is 11.3 Å². The molecule has 0 radical (unpaired) electrons. The summed E-state index contributed by atoms with van der Waals surface area (Å²) < 4.78 is 7.03. The minimum Gasteiger partial charge on any atom is -0.373 e. The molecule has 3 unspecified atom stereocenters. The van der Waals surface area contributed by atoms with Crippen LogP contribution in [0.3, 0.4) is 0 Å². The zero-order valence-electron chi connectivity index (χ0n) is 11.6. The molecule has 4 nitrogen and oxygen atoms in total. The summed E-state index contributed by atoms with van der Waals surface area (Å²) in [6, 6.07) is 2.54. The van der Waals surface area contributed by atoms with E-state index < -0.39 is 0 Å². The monoisotopic (exact) mass is 357 g/mol. The Hall–Kier alpha value is -0.590. The zero-order chi connectivity index (χ0) is 13.9. The van der Waals surface area contributed by atoms with E-state index in [-0.39, 0.29) is 0 Å². The highest BCUT2D eigenvalue weighted by molar-refractivity contribution is 9.11. The number of thiophene rings is 1. The molecular formula is C14H20BrN3OS. The minimum absolute atomic E-state index is 0.374. The number of guanidine groups is 1. The van der Waals surface area contributed by atoms with Crippen molar-refractivity contribution in [1.82, 2.24) is 10.6 Å². The number of hydrogen-bond donors (Lipinski definition) is 2. The highest BCUT2D eigenvalue weighted by atomic mass is 79.9. The molecular weight excluding hydrogens is 338 g/mol. The fraction of sp³-hybridized carbons (Fsp3) is 0.643. The number of nitrogens with zero attached hydrogens (tertiary/aromatic N) is 1. The third-order valence-electron chi connectivity index (χ3n) is 3.81. The number of aliphatic imine (C=N–C) groups is 1. The summed E-state index contributed by atoms with van der Waals surface area (Å²) in [5.41, 5.74) is 1.24. The van der Waals surface area contributed by atoms with Crippen molar-refractivity contribution in [2.75, 3.05) is 6.54 Å². The van der Waals surface area contributed by atoms with Gasteiger partial charge in [-0.3, -0.25) is 0 Å². The van der Waals surface area contributed by atoms with Crippen molar-refractivity contribution in [1.29, 1.82) is 0 Å². The van der Waals surface area contributed by atoms with Crippen molar-refractivity contribution in [2.24, 2.45) is 4.99 Å². The molecule has 3 heterocycles. The van der Waals surface area contributed by atoms with Gasteiger partial charge in [0.25, 0.3) is 0 Å². The maximum Gasteiger partial charge on any atom is 0.191 e. The number of hydrogen-bond acceptors (Lipinski definition) is 3. The lowest BCUT2D eigenvalue weighted by atomic mass is 9.96. The van der Waals surface area contributed by atoms with Crippen LogP contribution in [0.4, 0.5) is 0 Å². The van der Waals surface area contributed by atoms with Crippen LogP contribution in [0.25, 0.3) is 0 Å². The lowest BCUT2D eigenvalue weighted by molar-refractivity contribution is 0.0992. The number of fused-ring (bicyclic) bond motifs is 2. The molecule has 110 valence electrons. The summed E-state index contributed by atoms with van der Waals surface area (Å²) in [7, 11) is 0. The Morgan fingerprint density at radius 1 is 1.55 bits per heavy atom. The first kappa shape index (κ1) is 14.4. The van der Waals surface area contributed by atoms with E-state index in [2.05, 4.69) is 49.9 Å². The smallest absolute Gasteiger partial charge is 0.191 e. The van der Waals surface area contributed by atoms with E-state index in [1.807, 2.05) is 0 Å². The normalized spacial score (nSPS) is 28.9. The molecule has 2 aliphatic rings. The fourth-order valence-corrected chi connectivity index (χ4v) is 4.08. The standard InChI is InChI=1S/C14H20BrN3OS/c1-2-16-14(17-7-9-5-13(15)20-8-9)18-11-6-10-3-4-12(11)19-10/h5,8,10-12H,2-4,6-7H2,1H3,(H2,16,17,18).